The van der Waals surface area contributed by atoms with Gasteiger partial charge in [-0.05, 0) is 107 Å². The van der Waals surface area contributed by atoms with E-state index in [4.69, 9.17) is 0 Å². The molecule has 0 saturated heterocycles. The molecule has 0 aliphatic rings. The van der Waals surface area contributed by atoms with Crippen molar-refractivity contribution in [1.29, 1.82) is 0 Å². The molecule has 0 unspecified atom stereocenters. The number of para-hydroxylation sites is 3. The molecule has 0 aliphatic heterocycles. The summed E-state index contributed by atoms with van der Waals surface area (Å²) in [5.41, 5.74) is 21.1. The Bertz CT molecular complexity index is 5010. The summed E-state index contributed by atoms with van der Waals surface area (Å²) in [4.78, 5) is 0. The van der Waals surface area contributed by atoms with Gasteiger partial charge in [-0.2, -0.15) is 0 Å². The lowest BCUT2D eigenvalue weighted by atomic mass is 9.93. The van der Waals surface area contributed by atoms with Gasteiger partial charge in [-0.25, -0.2) is 0 Å². The molecular formula is C84H58N2Si. The third-order valence-corrected chi connectivity index (χ3v) is 22.5. The van der Waals surface area contributed by atoms with Crippen LogP contribution in [0.3, 0.4) is 0 Å². The van der Waals surface area contributed by atoms with Crippen molar-refractivity contribution in [2.45, 2.75) is 0 Å². The summed E-state index contributed by atoms with van der Waals surface area (Å²) in [6.07, 6.45) is 0. The Hall–Kier alpha value is -11.1. The average Bonchev–Trinajstić information content (AvgIpc) is 1.77. The molecule has 16 rings (SSSR count). The van der Waals surface area contributed by atoms with Gasteiger partial charge in [-0.1, -0.05) is 315 Å². The minimum absolute atomic E-state index is 1.11. The summed E-state index contributed by atoms with van der Waals surface area (Å²) in [6.45, 7) is 0. The zero-order valence-corrected chi connectivity index (χ0v) is 48.9. The van der Waals surface area contributed by atoms with Gasteiger partial charge in [0.2, 0.25) is 0 Å². The van der Waals surface area contributed by atoms with E-state index in [1.165, 1.54) is 97.8 Å². The zero-order chi connectivity index (χ0) is 57.7. The Kier molecular flexibility index (Phi) is 12.9. The van der Waals surface area contributed by atoms with E-state index in [0.717, 1.165) is 44.7 Å². The van der Waals surface area contributed by atoms with Crippen LogP contribution in [-0.2, 0) is 0 Å². The molecule has 2 heterocycles. The van der Waals surface area contributed by atoms with Crippen LogP contribution in [0.25, 0.3) is 122 Å². The first-order chi connectivity index (χ1) is 43.2. The lowest BCUT2D eigenvalue weighted by Gasteiger charge is -2.36. The van der Waals surface area contributed by atoms with E-state index in [2.05, 4.69) is 361 Å². The third-order valence-electron chi connectivity index (χ3n) is 17.8. The van der Waals surface area contributed by atoms with Gasteiger partial charge < -0.3 is 9.13 Å². The van der Waals surface area contributed by atoms with E-state index in [0.29, 0.717) is 0 Å². The Morgan fingerprint density at radius 1 is 0.195 bits per heavy atom. The molecule has 0 bridgehead atoms. The van der Waals surface area contributed by atoms with E-state index in [1.807, 2.05) is 0 Å². The summed E-state index contributed by atoms with van der Waals surface area (Å²) < 4.78 is 5.09. The molecule has 0 aliphatic carbocycles. The summed E-state index contributed by atoms with van der Waals surface area (Å²) >= 11 is 0. The molecule has 3 heteroatoms. The average molecular weight is 1120 g/mol. The maximum absolute atomic E-state index is 3.32. The van der Waals surface area contributed by atoms with Crippen LogP contribution < -0.4 is 20.7 Å². The maximum atomic E-state index is 2.59. The molecule has 2 aromatic heterocycles. The number of benzene rings is 14. The van der Waals surface area contributed by atoms with E-state index >= 15 is 0 Å². The van der Waals surface area contributed by atoms with Crippen molar-refractivity contribution >= 4 is 72.4 Å². The SMILES string of the molecule is c1ccc(-c2cc(-c3ccccc3)cc([Si](c3ccccc3)(c3ccccc3)c3cc(-c4ccccc4)c(-n4c5ccccc5c5cc(-n6c7ccccc7c7cccc(-c8ccccc8-c8ccccc8)c76)ccc54)c(-c4ccccc4)c3)c2)cc1. The fraction of sp³-hybridized carbons (Fsp3) is 0. The zero-order valence-electron chi connectivity index (χ0n) is 47.9. The molecule has 0 radical (unpaired) electrons. The smallest absolute Gasteiger partial charge is 0.179 e. The molecule has 0 fully saturated rings. The summed E-state index contributed by atoms with van der Waals surface area (Å²) in [5, 5.41) is 10.1. The molecule has 2 nitrogen and oxygen atoms in total. The van der Waals surface area contributed by atoms with E-state index in [1.54, 1.807) is 0 Å². The molecule has 87 heavy (non-hydrogen) atoms. The number of rotatable bonds is 12. The van der Waals surface area contributed by atoms with Crippen molar-refractivity contribution in [1.82, 2.24) is 9.13 Å². The molecule has 16 aromatic rings. The van der Waals surface area contributed by atoms with Crippen molar-refractivity contribution in [3.63, 3.8) is 0 Å². The van der Waals surface area contributed by atoms with Crippen LogP contribution in [-0.4, -0.2) is 17.2 Å². The van der Waals surface area contributed by atoms with Gasteiger partial charge in [0.15, 0.2) is 8.07 Å². The van der Waals surface area contributed by atoms with E-state index < -0.39 is 8.07 Å². The van der Waals surface area contributed by atoms with Crippen LogP contribution in [0, 0.1) is 0 Å². The van der Waals surface area contributed by atoms with Gasteiger partial charge in [0.05, 0.1) is 27.8 Å². The molecular weight excluding hydrogens is 1070 g/mol. The second kappa shape index (κ2) is 21.8. The van der Waals surface area contributed by atoms with Crippen LogP contribution in [0.1, 0.15) is 0 Å². The fourth-order valence-electron chi connectivity index (χ4n) is 14.0. The maximum Gasteiger partial charge on any atom is 0.179 e. The second-order valence-corrected chi connectivity index (χ2v) is 26.5. The van der Waals surface area contributed by atoms with Crippen molar-refractivity contribution < 1.29 is 0 Å². The standard InChI is InChI=1S/C84H58N2Si/c1-8-29-59(30-9-1)64-53-65(60-31-10-2-11-32-60)55-69(54-64)87(67-39-18-6-19-40-67,68-41-20-7-21-42-68)70-57-77(62-35-14-4-15-36-62)84(78(58-70)63-37-16-5-17-38-63)86-81-50-27-25-46-74(81)79-56-66(51-52-82(79)86)85-80-49-26-24-45-73(80)76-48-28-47-75(83(76)85)72-44-23-22-43-71(72)61-33-12-3-13-34-61/h1-58H. The molecule has 408 valence electrons. The van der Waals surface area contributed by atoms with Gasteiger partial charge >= 0.3 is 0 Å². The highest BCUT2D eigenvalue weighted by Crippen LogP contribution is 2.45. The summed E-state index contributed by atoms with van der Waals surface area (Å²) in [7, 11) is -3.32. The first-order valence-electron chi connectivity index (χ1n) is 30.1. The van der Waals surface area contributed by atoms with Crippen LogP contribution in [0.5, 0.6) is 0 Å². The van der Waals surface area contributed by atoms with Gasteiger partial charge in [0, 0.05) is 43.9 Å². The van der Waals surface area contributed by atoms with Crippen molar-refractivity contribution in [3.05, 3.63) is 352 Å². The first kappa shape index (κ1) is 51.5. The molecule has 14 aromatic carbocycles. The minimum Gasteiger partial charge on any atom is -0.309 e. The Morgan fingerprint density at radius 2 is 0.575 bits per heavy atom. The van der Waals surface area contributed by atoms with E-state index in [9.17, 15) is 0 Å². The van der Waals surface area contributed by atoms with Crippen molar-refractivity contribution in [2.75, 3.05) is 0 Å². The number of hydrogen-bond acceptors (Lipinski definition) is 0. The number of nitrogens with zero attached hydrogens (tertiary/aromatic N) is 2. The minimum atomic E-state index is -3.32. The normalized spacial score (nSPS) is 11.7. The lowest BCUT2D eigenvalue weighted by Crippen LogP contribution is -2.74. The summed E-state index contributed by atoms with van der Waals surface area (Å²) in [5.74, 6) is 0. The highest BCUT2D eigenvalue weighted by Gasteiger charge is 2.43. The van der Waals surface area contributed by atoms with Gasteiger partial charge in [-0.3, -0.25) is 0 Å². The van der Waals surface area contributed by atoms with Crippen LogP contribution in [0.15, 0.2) is 352 Å². The first-order valence-corrected chi connectivity index (χ1v) is 32.1. The van der Waals surface area contributed by atoms with Gasteiger partial charge in [0.25, 0.3) is 0 Å². The van der Waals surface area contributed by atoms with E-state index in [-0.39, 0.29) is 0 Å². The van der Waals surface area contributed by atoms with Crippen LogP contribution in [0.4, 0.5) is 0 Å². The largest absolute Gasteiger partial charge is 0.309 e. The van der Waals surface area contributed by atoms with Crippen molar-refractivity contribution in [3.8, 4) is 78.1 Å². The quantitative estimate of drug-likeness (QED) is 0.0852. The highest BCUT2D eigenvalue weighted by atomic mass is 28.3. The van der Waals surface area contributed by atoms with Gasteiger partial charge in [0.1, 0.15) is 0 Å². The summed E-state index contributed by atoms with van der Waals surface area (Å²) in [6, 6.07) is 131. The molecule has 0 atom stereocenters. The Labute approximate surface area is 508 Å². The number of hydrogen-bond donors (Lipinski definition) is 0. The number of fused-ring (bicyclic) bond motifs is 6. The molecule has 0 spiro atoms. The number of aromatic nitrogens is 2. The molecule has 0 saturated carbocycles. The van der Waals surface area contributed by atoms with Crippen LogP contribution in [0.2, 0.25) is 0 Å². The predicted octanol–water partition coefficient (Wildman–Crippen LogP) is 19.3. The van der Waals surface area contributed by atoms with Crippen molar-refractivity contribution in [2.24, 2.45) is 0 Å². The third kappa shape index (κ3) is 8.78. The monoisotopic (exact) mass is 1120 g/mol. The lowest BCUT2D eigenvalue weighted by molar-refractivity contribution is 1.17. The fourth-order valence-corrected chi connectivity index (χ4v) is 18.9. The highest BCUT2D eigenvalue weighted by molar-refractivity contribution is 7.20. The Morgan fingerprint density at radius 3 is 1.10 bits per heavy atom. The van der Waals surface area contributed by atoms with Crippen LogP contribution >= 0.6 is 0 Å². The van der Waals surface area contributed by atoms with Gasteiger partial charge in [-0.15, -0.1) is 0 Å². The predicted molar refractivity (Wildman–Crippen MR) is 371 cm³/mol. The molecule has 0 amide bonds. The molecule has 0 N–H and O–H groups in total. The second-order valence-electron chi connectivity index (χ2n) is 22.7. The topological polar surface area (TPSA) is 9.86 Å². The Balaban J connectivity index is 1.00.